The van der Waals surface area contributed by atoms with Gasteiger partial charge in [-0.1, -0.05) is 6.07 Å². The molecule has 1 saturated heterocycles. The molecule has 0 radical (unpaired) electrons. The maximum atomic E-state index is 12.0. The Labute approximate surface area is 127 Å². The molecule has 0 saturated carbocycles. The highest BCUT2D eigenvalue weighted by molar-refractivity contribution is 5.90. The van der Waals surface area contributed by atoms with E-state index < -0.39 is 0 Å². The van der Waals surface area contributed by atoms with E-state index in [9.17, 15) is 4.79 Å². The van der Waals surface area contributed by atoms with Gasteiger partial charge < -0.3 is 14.8 Å². The topological polar surface area (TPSA) is 102 Å². The van der Waals surface area contributed by atoms with E-state index in [-0.39, 0.29) is 23.9 Å². The van der Waals surface area contributed by atoms with E-state index in [0.717, 1.165) is 5.69 Å². The predicted octanol–water partition coefficient (Wildman–Crippen LogP) is 0.304. The average Bonchev–Trinajstić information content (AvgIpc) is 3.10. The summed E-state index contributed by atoms with van der Waals surface area (Å²) in [6, 6.07) is 5.45. The first-order chi connectivity index (χ1) is 10.8. The highest BCUT2D eigenvalue weighted by Gasteiger charge is 2.29. The molecule has 2 atom stereocenters. The molecule has 1 fully saturated rings. The number of hydrogen-bond donors (Lipinski definition) is 2. The van der Waals surface area contributed by atoms with Crippen molar-refractivity contribution in [2.45, 2.75) is 25.2 Å². The number of pyridine rings is 1. The highest BCUT2D eigenvalue weighted by Crippen LogP contribution is 2.14. The minimum Gasteiger partial charge on any atom is -0.379 e. The second kappa shape index (κ2) is 7.10. The molecule has 0 aliphatic carbocycles. The van der Waals surface area contributed by atoms with Gasteiger partial charge in [-0.15, -0.1) is 0 Å². The number of aromatic amines is 1. The molecule has 0 bridgehead atoms. The summed E-state index contributed by atoms with van der Waals surface area (Å²) in [6.45, 7) is 1.43. The molecule has 3 heterocycles. The third-order valence-corrected chi connectivity index (χ3v) is 3.41. The van der Waals surface area contributed by atoms with E-state index in [2.05, 4.69) is 25.5 Å². The zero-order chi connectivity index (χ0) is 15.2. The number of H-pyrrole nitrogens is 1. The molecular weight excluding hydrogens is 286 g/mol. The maximum Gasteiger partial charge on any atom is 0.288 e. The van der Waals surface area contributed by atoms with Crippen molar-refractivity contribution in [1.82, 2.24) is 25.5 Å². The third-order valence-electron chi connectivity index (χ3n) is 3.41. The van der Waals surface area contributed by atoms with Crippen LogP contribution in [-0.4, -0.2) is 51.4 Å². The summed E-state index contributed by atoms with van der Waals surface area (Å²) < 4.78 is 11.3. The van der Waals surface area contributed by atoms with Crippen LogP contribution in [0.25, 0.3) is 0 Å². The highest BCUT2D eigenvalue weighted by atomic mass is 16.5. The van der Waals surface area contributed by atoms with Crippen LogP contribution in [0.1, 0.15) is 22.7 Å². The molecule has 3 rings (SSSR count). The number of hydrogen-bond acceptors (Lipinski definition) is 6. The summed E-state index contributed by atoms with van der Waals surface area (Å²) in [5.41, 5.74) is 0.856. The molecule has 0 spiro atoms. The molecule has 22 heavy (non-hydrogen) atoms. The first kappa shape index (κ1) is 14.6. The van der Waals surface area contributed by atoms with Crippen LogP contribution in [0.5, 0.6) is 0 Å². The molecule has 1 aliphatic heterocycles. The Morgan fingerprint density at radius 2 is 2.41 bits per heavy atom. The Morgan fingerprint density at radius 1 is 1.45 bits per heavy atom. The predicted molar refractivity (Wildman–Crippen MR) is 75.9 cm³/mol. The van der Waals surface area contributed by atoms with Crippen LogP contribution in [0.15, 0.2) is 30.7 Å². The van der Waals surface area contributed by atoms with Crippen LogP contribution in [0.4, 0.5) is 0 Å². The first-order valence-corrected chi connectivity index (χ1v) is 7.08. The van der Waals surface area contributed by atoms with E-state index in [0.29, 0.717) is 26.2 Å². The molecule has 116 valence electrons. The fraction of sp³-hybridized carbons (Fsp3) is 0.429. The maximum absolute atomic E-state index is 12.0. The molecule has 0 aromatic carbocycles. The lowest BCUT2D eigenvalue weighted by molar-refractivity contribution is -0.0613. The van der Waals surface area contributed by atoms with Gasteiger partial charge in [0.1, 0.15) is 6.33 Å². The average molecular weight is 303 g/mol. The number of carbonyl (C=O) groups excluding carboxylic acids is 1. The summed E-state index contributed by atoms with van der Waals surface area (Å²) in [5, 5.41) is 9.06. The fourth-order valence-electron chi connectivity index (χ4n) is 2.28. The van der Waals surface area contributed by atoms with E-state index >= 15 is 0 Å². The van der Waals surface area contributed by atoms with E-state index in [1.165, 1.54) is 6.33 Å². The van der Waals surface area contributed by atoms with Crippen LogP contribution in [0, 0.1) is 0 Å². The van der Waals surface area contributed by atoms with Gasteiger partial charge in [0.15, 0.2) is 0 Å². The first-order valence-electron chi connectivity index (χ1n) is 7.08. The minimum atomic E-state index is -0.320. The third kappa shape index (κ3) is 3.66. The standard InChI is InChI=1S/C14H17N5O3/c20-14(13-16-9-17-19-13)18-11-8-21-6-4-12(11)22-7-10-3-1-2-5-15-10/h1-3,5,9,11-12H,4,6-8H2,(H,18,20)(H,16,17,19)/t11-,12-/m1/s1. The summed E-state index contributed by atoms with van der Waals surface area (Å²) in [7, 11) is 0. The largest absolute Gasteiger partial charge is 0.379 e. The molecule has 0 unspecified atom stereocenters. The molecule has 1 aliphatic rings. The van der Waals surface area contributed by atoms with Crippen molar-refractivity contribution in [1.29, 1.82) is 0 Å². The molecule has 1 amide bonds. The number of aromatic nitrogens is 4. The molecular formula is C14H17N5O3. The van der Waals surface area contributed by atoms with E-state index in [1.807, 2.05) is 18.2 Å². The van der Waals surface area contributed by atoms with Crippen LogP contribution >= 0.6 is 0 Å². The lowest BCUT2D eigenvalue weighted by atomic mass is 10.1. The van der Waals surface area contributed by atoms with Gasteiger partial charge in [0.2, 0.25) is 5.82 Å². The number of nitrogens with zero attached hydrogens (tertiary/aromatic N) is 3. The number of nitrogens with one attached hydrogen (secondary N) is 2. The van der Waals surface area contributed by atoms with Crippen molar-refractivity contribution < 1.29 is 14.3 Å². The molecule has 2 aromatic rings. The Balaban J connectivity index is 1.57. The summed E-state index contributed by atoms with van der Waals surface area (Å²) in [6.07, 6.45) is 3.61. The van der Waals surface area contributed by atoms with Crippen LogP contribution in [0.3, 0.4) is 0 Å². The normalized spacial score (nSPS) is 21.5. The molecule has 8 nitrogen and oxygen atoms in total. The summed E-state index contributed by atoms with van der Waals surface area (Å²) in [4.78, 5) is 20.1. The van der Waals surface area contributed by atoms with Crippen molar-refractivity contribution in [2.75, 3.05) is 13.2 Å². The lowest BCUT2D eigenvalue weighted by Gasteiger charge is -2.31. The quantitative estimate of drug-likeness (QED) is 0.824. The zero-order valence-electron chi connectivity index (χ0n) is 11.9. The molecule has 8 heteroatoms. The van der Waals surface area contributed by atoms with Gasteiger partial charge in [0, 0.05) is 12.8 Å². The second-order valence-corrected chi connectivity index (χ2v) is 4.95. The van der Waals surface area contributed by atoms with E-state index in [4.69, 9.17) is 9.47 Å². The van der Waals surface area contributed by atoms with Gasteiger partial charge in [-0.3, -0.25) is 14.9 Å². The van der Waals surface area contributed by atoms with Crippen LogP contribution < -0.4 is 5.32 Å². The van der Waals surface area contributed by atoms with Crippen molar-refractivity contribution in [3.63, 3.8) is 0 Å². The van der Waals surface area contributed by atoms with Crippen molar-refractivity contribution >= 4 is 5.91 Å². The Bertz CT molecular complexity index is 590. The fourth-order valence-corrected chi connectivity index (χ4v) is 2.28. The van der Waals surface area contributed by atoms with E-state index in [1.54, 1.807) is 6.20 Å². The van der Waals surface area contributed by atoms with Gasteiger partial charge in [-0.2, -0.15) is 5.10 Å². The van der Waals surface area contributed by atoms with Gasteiger partial charge >= 0.3 is 0 Å². The van der Waals surface area contributed by atoms with Gasteiger partial charge in [-0.05, 0) is 18.6 Å². The van der Waals surface area contributed by atoms with Crippen LogP contribution in [0.2, 0.25) is 0 Å². The Morgan fingerprint density at radius 3 is 3.18 bits per heavy atom. The second-order valence-electron chi connectivity index (χ2n) is 4.95. The molecule has 2 N–H and O–H groups in total. The minimum absolute atomic E-state index is 0.123. The summed E-state index contributed by atoms with van der Waals surface area (Å²) in [5.74, 6) is -0.145. The Hall–Kier alpha value is -2.32. The number of ether oxygens (including phenoxy) is 2. The van der Waals surface area contributed by atoms with Gasteiger partial charge in [0.25, 0.3) is 5.91 Å². The van der Waals surface area contributed by atoms with Crippen molar-refractivity contribution in [2.24, 2.45) is 0 Å². The SMILES string of the molecule is O=C(N[C@@H]1COCC[C@H]1OCc1ccccn1)c1ncn[nH]1. The number of amides is 1. The zero-order valence-corrected chi connectivity index (χ0v) is 11.9. The monoisotopic (exact) mass is 303 g/mol. The lowest BCUT2D eigenvalue weighted by Crippen LogP contribution is -2.50. The van der Waals surface area contributed by atoms with Gasteiger partial charge in [-0.25, -0.2) is 4.98 Å². The number of carbonyl (C=O) groups is 1. The van der Waals surface area contributed by atoms with Gasteiger partial charge in [0.05, 0.1) is 31.1 Å². The molecule has 2 aromatic heterocycles. The Kier molecular flexibility index (Phi) is 4.71. The summed E-state index contributed by atoms with van der Waals surface area (Å²) >= 11 is 0. The van der Waals surface area contributed by atoms with Crippen molar-refractivity contribution in [3.8, 4) is 0 Å². The van der Waals surface area contributed by atoms with Crippen molar-refractivity contribution in [3.05, 3.63) is 42.2 Å². The van der Waals surface area contributed by atoms with Crippen LogP contribution in [-0.2, 0) is 16.1 Å². The number of rotatable bonds is 5. The smallest absolute Gasteiger partial charge is 0.288 e.